The molecule has 2 aromatic rings. The normalized spacial score (nSPS) is 10.3. The van der Waals surface area contributed by atoms with Crippen LogP contribution in [0.1, 0.15) is 11.1 Å². The Labute approximate surface area is 121 Å². The first-order chi connectivity index (χ1) is 8.99. The van der Waals surface area contributed by atoms with Gasteiger partial charge in [-0.1, -0.05) is 36.0 Å². The number of nitrogens with one attached hydrogen (secondary N) is 1. The van der Waals surface area contributed by atoms with E-state index in [4.69, 9.17) is 29.6 Å². The van der Waals surface area contributed by atoms with Gasteiger partial charge in [-0.15, -0.1) is 0 Å². The average Bonchev–Trinajstić information content (AvgIpc) is 2.35. The number of aryl methyl sites for hydroxylation is 1. The molecule has 0 unspecified atom stereocenters. The van der Waals surface area contributed by atoms with Gasteiger partial charge >= 0.3 is 0 Å². The molecule has 19 heavy (non-hydrogen) atoms. The molecule has 5 heteroatoms. The molecule has 2 nitrogen and oxygen atoms in total. The molecule has 0 saturated heterocycles. The fraction of sp³-hybridized carbons (Fsp3) is 0.0714. The van der Waals surface area contributed by atoms with E-state index in [1.165, 1.54) is 6.07 Å². The van der Waals surface area contributed by atoms with Crippen molar-refractivity contribution < 1.29 is 4.39 Å². The van der Waals surface area contributed by atoms with Gasteiger partial charge in [0.15, 0.2) is 0 Å². The minimum atomic E-state index is -0.330. The highest BCUT2D eigenvalue weighted by Gasteiger charge is 2.10. The number of thiocarbonyl (C=S) groups is 1. The first-order valence-corrected chi connectivity index (χ1v) is 6.39. The highest BCUT2D eigenvalue weighted by molar-refractivity contribution is 7.80. The van der Waals surface area contributed by atoms with Crippen LogP contribution in [-0.4, -0.2) is 4.99 Å². The van der Waals surface area contributed by atoms with E-state index >= 15 is 0 Å². The lowest BCUT2D eigenvalue weighted by Gasteiger charge is -2.14. The van der Waals surface area contributed by atoms with Crippen LogP contribution in [0.2, 0.25) is 5.02 Å². The number of hydrogen-bond donors (Lipinski definition) is 2. The van der Waals surface area contributed by atoms with Gasteiger partial charge in [-0.25, -0.2) is 4.39 Å². The Hall–Kier alpha value is -1.65. The molecule has 0 atom stereocenters. The number of para-hydroxylation sites is 1. The molecule has 2 aromatic carbocycles. The molecule has 0 aromatic heterocycles. The van der Waals surface area contributed by atoms with E-state index in [1.807, 2.05) is 13.0 Å². The Morgan fingerprint density at radius 1 is 1.32 bits per heavy atom. The third-order valence-electron chi connectivity index (χ3n) is 2.73. The van der Waals surface area contributed by atoms with Crippen LogP contribution in [0.15, 0.2) is 36.4 Å². The minimum absolute atomic E-state index is 0.207. The predicted octanol–water partition coefficient (Wildman–Crippen LogP) is 4.17. The minimum Gasteiger partial charge on any atom is -0.389 e. The Bertz CT molecular complexity index is 623. The second kappa shape index (κ2) is 5.55. The van der Waals surface area contributed by atoms with Crippen molar-refractivity contribution in [2.75, 3.05) is 5.32 Å². The highest BCUT2D eigenvalue weighted by Crippen LogP contribution is 2.27. The van der Waals surface area contributed by atoms with Gasteiger partial charge in [-0.2, -0.15) is 0 Å². The number of nitrogens with two attached hydrogens (primary N) is 1. The average molecular weight is 295 g/mol. The van der Waals surface area contributed by atoms with Gasteiger partial charge in [-0.05, 0) is 36.8 Å². The molecule has 0 radical (unpaired) electrons. The number of benzene rings is 2. The van der Waals surface area contributed by atoms with Crippen LogP contribution in [0, 0.1) is 12.7 Å². The Kier molecular flexibility index (Phi) is 4.02. The fourth-order valence-electron chi connectivity index (χ4n) is 1.75. The summed E-state index contributed by atoms with van der Waals surface area (Å²) >= 11 is 10.9. The molecule has 0 saturated carbocycles. The summed E-state index contributed by atoms with van der Waals surface area (Å²) in [5, 5.41) is 3.54. The monoisotopic (exact) mass is 294 g/mol. The maximum absolute atomic E-state index is 13.8. The van der Waals surface area contributed by atoms with Crippen LogP contribution in [0.5, 0.6) is 0 Å². The van der Waals surface area contributed by atoms with Crippen molar-refractivity contribution >= 4 is 40.2 Å². The van der Waals surface area contributed by atoms with Gasteiger partial charge in [0, 0.05) is 16.3 Å². The highest BCUT2D eigenvalue weighted by atomic mass is 35.5. The molecular weight excluding hydrogens is 283 g/mol. The maximum Gasteiger partial charge on any atom is 0.146 e. The second-order valence-corrected chi connectivity index (χ2v) is 4.99. The topological polar surface area (TPSA) is 38.0 Å². The Balaban J connectivity index is 2.47. The molecule has 2 rings (SSSR count). The van der Waals surface area contributed by atoms with E-state index in [2.05, 4.69) is 5.32 Å². The first-order valence-electron chi connectivity index (χ1n) is 5.60. The van der Waals surface area contributed by atoms with E-state index in [-0.39, 0.29) is 10.8 Å². The van der Waals surface area contributed by atoms with Crippen molar-refractivity contribution in [3.05, 3.63) is 58.4 Å². The zero-order valence-electron chi connectivity index (χ0n) is 10.2. The van der Waals surface area contributed by atoms with Gasteiger partial charge in [0.25, 0.3) is 0 Å². The third-order valence-corrected chi connectivity index (χ3v) is 3.18. The maximum atomic E-state index is 13.8. The summed E-state index contributed by atoms with van der Waals surface area (Å²) in [5.74, 6) is -0.330. The molecule has 0 fully saturated rings. The summed E-state index contributed by atoms with van der Waals surface area (Å²) in [6.07, 6.45) is 0. The van der Waals surface area contributed by atoms with Crippen molar-refractivity contribution in [2.45, 2.75) is 6.92 Å². The number of halogens is 2. The van der Waals surface area contributed by atoms with Crippen LogP contribution in [0.3, 0.4) is 0 Å². The van der Waals surface area contributed by atoms with Gasteiger partial charge in [0.2, 0.25) is 0 Å². The van der Waals surface area contributed by atoms with Crippen LogP contribution in [0.4, 0.5) is 15.8 Å². The lowest BCUT2D eigenvalue weighted by Crippen LogP contribution is -2.12. The largest absolute Gasteiger partial charge is 0.389 e. The van der Waals surface area contributed by atoms with Gasteiger partial charge < -0.3 is 11.1 Å². The molecule has 0 spiro atoms. The summed E-state index contributed by atoms with van der Waals surface area (Å²) < 4.78 is 13.8. The summed E-state index contributed by atoms with van der Waals surface area (Å²) in [5.41, 5.74) is 8.07. The van der Waals surface area contributed by atoms with E-state index < -0.39 is 0 Å². The molecule has 0 heterocycles. The van der Waals surface area contributed by atoms with Gasteiger partial charge in [-0.3, -0.25) is 0 Å². The zero-order chi connectivity index (χ0) is 14.0. The van der Waals surface area contributed by atoms with Crippen LogP contribution in [-0.2, 0) is 0 Å². The van der Waals surface area contributed by atoms with Crippen molar-refractivity contribution in [3.8, 4) is 0 Å². The van der Waals surface area contributed by atoms with E-state index in [0.29, 0.717) is 22.0 Å². The Morgan fingerprint density at radius 2 is 2.05 bits per heavy atom. The summed E-state index contributed by atoms with van der Waals surface area (Å²) in [6.45, 7) is 1.82. The zero-order valence-corrected chi connectivity index (χ0v) is 11.8. The molecule has 0 aliphatic rings. The van der Waals surface area contributed by atoms with Crippen LogP contribution in [0.25, 0.3) is 0 Å². The van der Waals surface area contributed by atoms with Crippen LogP contribution < -0.4 is 11.1 Å². The van der Waals surface area contributed by atoms with Crippen molar-refractivity contribution in [2.24, 2.45) is 5.73 Å². The lowest BCUT2D eigenvalue weighted by atomic mass is 10.1. The van der Waals surface area contributed by atoms with Crippen molar-refractivity contribution in [1.29, 1.82) is 0 Å². The van der Waals surface area contributed by atoms with E-state index in [9.17, 15) is 4.39 Å². The molecule has 0 aliphatic heterocycles. The molecule has 98 valence electrons. The van der Waals surface area contributed by atoms with E-state index in [0.717, 1.165) is 5.56 Å². The van der Waals surface area contributed by atoms with Crippen molar-refractivity contribution in [1.82, 2.24) is 0 Å². The van der Waals surface area contributed by atoms with E-state index in [1.54, 1.807) is 24.3 Å². The molecule has 0 aliphatic carbocycles. The molecule has 0 bridgehead atoms. The second-order valence-electron chi connectivity index (χ2n) is 4.11. The third kappa shape index (κ3) is 3.03. The predicted molar refractivity (Wildman–Crippen MR) is 81.8 cm³/mol. The summed E-state index contributed by atoms with van der Waals surface area (Å²) in [4.78, 5) is 0.207. The van der Waals surface area contributed by atoms with Gasteiger partial charge in [0.1, 0.15) is 10.8 Å². The van der Waals surface area contributed by atoms with Crippen LogP contribution >= 0.6 is 23.8 Å². The SMILES string of the molecule is Cc1cccc(F)c1Nc1ccc(Cl)cc1C(N)=S. The standard InChI is InChI=1S/C14H12ClFN2S/c1-8-3-2-4-11(16)13(8)18-12-6-5-9(15)7-10(12)14(17)19/h2-7,18H,1H3,(H2,17,19). The smallest absolute Gasteiger partial charge is 0.146 e. The fourth-order valence-corrected chi connectivity index (χ4v) is 2.10. The Morgan fingerprint density at radius 3 is 2.68 bits per heavy atom. The lowest BCUT2D eigenvalue weighted by molar-refractivity contribution is 0.631. The molecular formula is C14H12ClFN2S. The quantitative estimate of drug-likeness (QED) is 0.835. The number of rotatable bonds is 3. The molecule has 0 amide bonds. The number of anilines is 2. The summed E-state index contributed by atoms with van der Waals surface area (Å²) in [6, 6.07) is 9.95. The first kappa shape index (κ1) is 13.8. The van der Waals surface area contributed by atoms with Gasteiger partial charge in [0.05, 0.1) is 5.69 Å². The van der Waals surface area contributed by atoms with Crippen molar-refractivity contribution in [3.63, 3.8) is 0 Å². The molecule has 3 N–H and O–H groups in total. The number of hydrogen-bond acceptors (Lipinski definition) is 2. The summed E-state index contributed by atoms with van der Waals surface area (Å²) in [7, 11) is 0.